The smallest absolute Gasteiger partial charge is 0.159 e. The molecule has 1 heterocycles. The van der Waals surface area contributed by atoms with Crippen molar-refractivity contribution >= 4 is 0 Å². The number of aryl methyl sites for hydroxylation is 1. The summed E-state index contributed by atoms with van der Waals surface area (Å²) in [4.78, 5) is 0. The lowest BCUT2D eigenvalue weighted by atomic mass is 10.2. The topological polar surface area (TPSA) is 39.1 Å². The van der Waals surface area contributed by atoms with E-state index < -0.39 is 0 Å². The predicted octanol–water partition coefficient (Wildman–Crippen LogP) is 1.70. The summed E-state index contributed by atoms with van der Waals surface area (Å²) in [6, 6.07) is 0. The minimum absolute atomic E-state index is 0.693. The van der Waals surface area contributed by atoms with E-state index in [1.54, 1.807) is 13.3 Å². The van der Waals surface area contributed by atoms with E-state index >= 15 is 0 Å². The van der Waals surface area contributed by atoms with Gasteiger partial charge in [0.15, 0.2) is 5.75 Å². The van der Waals surface area contributed by atoms with Gasteiger partial charge in [0.05, 0.1) is 19.0 Å². The van der Waals surface area contributed by atoms with Gasteiger partial charge < -0.3 is 10.1 Å². The maximum atomic E-state index is 5.29. The van der Waals surface area contributed by atoms with Gasteiger partial charge in [0.25, 0.3) is 0 Å². The lowest BCUT2D eigenvalue weighted by molar-refractivity contribution is 0.406. The van der Waals surface area contributed by atoms with Crippen LogP contribution in [0.25, 0.3) is 0 Å². The molecule has 0 unspecified atom stereocenters. The Hall–Kier alpha value is -1.03. The molecule has 0 radical (unpaired) electrons. The number of hydrogen-bond acceptors (Lipinski definition) is 3. The van der Waals surface area contributed by atoms with Crippen molar-refractivity contribution in [2.75, 3.05) is 20.2 Å². The van der Waals surface area contributed by atoms with Gasteiger partial charge in [0, 0.05) is 19.5 Å². The maximum absolute atomic E-state index is 5.29. The maximum Gasteiger partial charge on any atom is 0.159 e. The number of hydrogen-bond donors (Lipinski definition) is 1. The Morgan fingerprint density at radius 3 is 2.81 bits per heavy atom. The minimum Gasteiger partial charge on any atom is -0.493 e. The molecule has 4 nitrogen and oxygen atoms in total. The van der Waals surface area contributed by atoms with Gasteiger partial charge in [-0.05, 0) is 19.4 Å². The lowest BCUT2D eigenvalue weighted by Crippen LogP contribution is -2.23. The van der Waals surface area contributed by atoms with E-state index in [-0.39, 0.29) is 0 Å². The number of nitrogens with zero attached hydrogens (tertiary/aromatic N) is 2. The Kier molecular flexibility index (Phi) is 5.32. The molecule has 0 aliphatic carbocycles. The molecule has 0 saturated carbocycles. The molecule has 1 N–H and O–H groups in total. The van der Waals surface area contributed by atoms with Crippen molar-refractivity contribution in [3.05, 3.63) is 11.9 Å². The van der Waals surface area contributed by atoms with Crippen molar-refractivity contribution in [3.8, 4) is 5.75 Å². The van der Waals surface area contributed by atoms with Crippen LogP contribution >= 0.6 is 0 Å². The van der Waals surface area contributed by atoms with Gasteiger partial charge in [0.2, 0.25) is 0 Å². The van der Waals surface area contributed by atoms with Gasteiger partial charge in [-0.15, -0.1) is 0 Å². The molecule has 0 aliphatic heterocycles. The Bertz CT molecular complexity index is 286. The van der Waals surface area contributed by atoms with Crippen LogP contribution in [0.15, 0.2) is 6.20 Å². The van der Waals surface area contributed by atoms with Crippen molar-refractivity contribution in [3.63, 3.8) is 0 Å². The first-order valence-electron chi connectivity index (χ1n) is 5.98. The molecular formula is C12H23N3O. The molecule has 1 rings (SSSR count). The zero-order valence-electron chi connectivity index (χ0n) is 10.8. The summed E-state index contributed by atoms with van der Waals surface area (Å²) >= 11 is 0. The van der Waals surface area contributed by atoms with E-state index in [0.29, 0.717) is 5.92 Å². The molecule has 0 saturated heterocycles. The lowest BCUT2D eigenvalue weighted by Gasteiger charge is -2.09. The van der Waals surface area contributed by atoms with Crippen molar-refractivity contribution in [2.45, 2.75) is 33.7 Å². The molecule has 0 spiro atoms. The van der Waals surface area contributed by atoms with Gasteiger partial charge in [-0.3, -0.25) is 4.68 Å². The SMILES string of the molecule is CCn1ncc(OC)c1CCNCC(C)C. The summed E-state index contributed by atoms with van der Waals surface area (Å²) in [5.74, 6) is 1.59. The summed E-state index contributed by atoms with van der Waals surface area (Å²) in [6.45, 7) is 9.44. The summed E-state index contributed by atoms with van der Waals surface area (Å²) < 4.78 is 7.29. The van der Waals surface area contributed by atoms with E-state index in [0.717, 1.165) is 31.8 Å². The summed E-state index contributed by atoms with van der Waals surface area (Å²) in [5.41, 5.74) is 1.18. The molecular weight excluding hydrogens is 202 g/mol. The monoisotopic (exact) mass is 225 g/mol. The quantitative estimate of drug-likeness (QED) is 0.718. The van der Waals surface area contributed by atoms with E-state index in [1.165, 1.54) is 5.69 Å². The highest BCUT2D eigenvalue weighted by Crippen LogP contribution is 2.17. The Labute approximate surface area is 98.0 Å². The number of ether oxygens (including phenoxy) is 1. The first kappa shape index (κ1) is 13.0. The second kappa shape index (κ2) is 6.53. The average Bonchev–Trinajstić information content (AvgIpc) is 2.66. The van der Waals surface area contributed by atoms with Crippen LogP contribution in [-0.2, 0) is 13.0 Å². The molecule has 0 aromatic carbocycles. The van der Waals surface area contributed by atoms with Crippen molar-refractivity contribution in [1.82, 2.24) is 15.1 Å². The van der Waals surface area contributed by atoms with Crippen LogP contribution < -0.4 is 10.1 Å². The van der Waals surface area contributed by atoms with Crippen LogP contribution in [0.1, 0.15) is 26.5 Å². The zero-order chi connectivity index (χ0) is 12.0. The van der Waals surface area contributed by atoms with E-state index in [2.05, 4.69) is 31.2 Å². The molecule has 92 valence electrons. The third-order valence-corrected chi connectivity index (χ3v) is 2.52. The number of nitrogens with one attached hydrogen (secondary N) is 1. The summed E-state index contributed by atoms with van der Waals surface area (Å²) in [7, 11) is 1.70. The molecule has 1 aromatic rings. The van der Waals surface area contributed by atoms with Gasteiger partial charge in [-0.25, -0.2) is 0 Å². The van der Waals surface area contributed by atoms with Gasteiger partial charge in [0.1, 0.15) is 0 Å². The van der Waals surface area contributed by atoms with Gasteiger partial charge in [-0.1, -0.05) is 13.8 Å². The molecule has 0 fully saturated rings. The fourth-order valence-corrected chi connectivity index (χ4v) is 1.69. The molecule has 4 heteroatoms. The predicted molar refractivity (Wildman–Crippen MR) is 65.9 cm³/mol. The highest BCUT2D eigenvalue weighted by molar-refractivity contribution is 5.25. The third kappa shape index (κ3) is 3.52. The third-order valence-electron chi connectivity index (χ3n) is 2.52. The zero-order valence-corrected chi connectivity index (χ0v) is 10.8. The van der Waals surface area contributed by atoms with Crippen molar-refractivity contribution < 1.29 is 4.74 Å². The Morgan fingerprint density at radius 1 is 1.50 bits per heavy atom. The van der Waals surface area contributed by atoms with Crippen molar-refractivity contribution in [1.29, 1.82) is 0 Å². The van der Waals surface area contributed by atoms with Gasteiger partial charge in [-0.2, -0.15) is 5.10 Å². The molecule has 1 aromatic heterocycles. The van der Waals surface area contributed by atoms with Crippen molar-refractivity contribution in [2.24, 2.45) is 5.92 Å². The highest BCUT2D eigenvalue weighted by atomic mass is 16.5. The van der Waals surface area contributed by atoms with Crippen LogP contribution in [0.5, 0.6) is 5.75 Å². The largest absolute Gasteiger partial charge is 0.493 e. The highest BCUT2D eigenvalue weighted by Gasteiger charge is 2.09. The molecule has 16 heavy (non-hydrogen) atoms. The average molecular weight is 225 g/mol. The number of rotatable bonds is 7. The second-order valence-corrected chi connectivity index (χ2v) is 4.32. The summed E-state index contributed by atoms with van der Waals surface area (Å²) in [5, 5.41) is 7.71. The summed E-state index contributed by atoms with van der Waals surface area (Å²) in [6.07, 6.45) is 2.75. The fourth-order valence-electron chi connectivity index (χ4n) is 1.69. The minimum atomic E-state index is 0.693. The van der Waals surface area contributed by atoms with Crippen LogP contribution in [0.4, 0.5) is 0 Å². The van der Waals surface area contributed by atoms with Crippen LogP contribution in [0.3, 0.4) is 0 Å². The molecule has 0 aliphatic rings. The van der Waals surface area contributed by atoms with E-state index in [1.807, 2.05) is 4.68 Å². The van der Waals surface area contributed by atoms with E-state index in [4.69, 9.17) is 4.74 Å². The van der Waals surface area contributed by atoms with E-state index in [9.17, 15) is 0 Å². The molecule has 0 bridgehead atoms. The first-order valence-corrected chi connectivity index (χ1v) is 5.98. The Balaban J connectivity index is 2.48. The van der Waals surface area contributed by atoms with Crippen LogP contribution in [-0.4, -0.2) is 30.0 Å². The molecule has 0 amide bonds. The normalized spacial score (nSPS) is 11.1. The number of aromatic nitrogens is 2. The standard InChI is InChI=1S/C12H23N3O/c1-5-15-11(12(16-4)9-14-15)6-7-13-8-10(2)3/h9-10,13H,5-8H2,1-4H3. The van der Waals surface area contributed by atoms with Crippen LogP contribution in [0.2, 0.25) is 0 Å². The number of methoxy groups -OCH3 is 1. The van der Waals surface area contributed by atoms with Crippen LogP contribution in [0, 0.1) is 5.92 Å². The fraction of sp³-hybridized carbons (Fsp3) is 0.750. The Morgan fingerprint density at radius 2 is 2.25 bits per heavy atom. The first-order chi connectivity index (χ1) is 7.69. The van der Waals surface area contributed by atoms with Gasteiger partial charge >= 0.3 is 0 Å². The second-order valence-electron chi connectivity index (χ2n) is 4.32. The molecule has 0 atom stereocenters.